The average Bonchev–Trinajstić information content (AvgIpc) is 2.41. The Bertz CT molecular complexity index is 658. The normalized spacial score (nSPS) is 10.2. The van der Waals surface area contributed by atoms with Gasteiger partial charge in [-0.15, -0.1) is 0 Å². The number of rotatable bonds is 3. The van der Waals surface area contributed by atoms with Crippen molar-refractivity contribution in [1.82, 2.24) is 0 Å². The lowest BCUT2D eigenvalue weighted by Crippen LogP contribution is -2.13. The number of benzene rings is 2. The monoisotopic (exact) mass is 353 g/mol. The molecule has 0 saturated heterocycles. The molecule has 20 heavy (non-hydrogen) atoms. The first kappa shape index (κ1) is 14.9. The predicted molar refractivity (Wildman–Crippen MR) is 84.8 cm³/mol. The Labute approximate surface area is 131 Å². The van der Waals surface area contributed by atoms with Gasteiger partial charge in [0, 0.05) is 9.50 Å². The van der Waals surface area contributed by atoms with E-state index in [-0.39, 0.29) is 5.91 Å². The number of methoxy groups -OCH3 is 1. The number of anilines is 1. The number of carbonyl (C=O) groups is 1. The third-order valence-electron chi connectivity index (χ3n) is 2.78. The van der Waals surface area contributed by atoms with Crippen LogP contribution in [-0.2, 0) is 0 Å². The largest absolute Gasteiger partial charge is 0.495 e. The first-order valence-corrected chi connectivity index (χ1v) is 7.09. The summed E-state index contributed by atoms with van der Waals surface area (Å²) >= 11 is 9.32. The molecular formula is C15H13BrClNO2. The highest BCUT2D eigenvalue weighted by molar-refractivity contribution is 9.10. The summed E-state index contributed by atoms with van der Waals surface area (Å²) in [7, 11) is 1.54. The first-order chi connectivity index (χ1) is 9.51. The van der Waals surface area contributed by atoms with Crippen LogP contribution in [0.25, 0.3) is 0 Å². The van der Waals surface area contributed by atoms with Gasteiger partial charge >= 0.3 is 0 Å². The van der Waals surface area contributed by atoms with Crippen LogP contribution in [0.4, 0.5) is 5.69 Å². The first-order valence-electron chi connectivity index (χ1n) is 5.92. The summed E-state index contributed by atoms with van der Waals surface area (Å²) in [5.41, 5.74) is 2.11. The van der Waals surface area contributed by atoms with E-state index in [2.05, 4.69) is 21.2 Å². The van der Waals surface area contributed by atoms with Crippen LogP contribution in [0.5, 0.6) is 5.75 Å². The molecule has 0 aliphatic rings. The Balaban J connectivity index is 2.32. The molecule has 0 spiro atoms. The van der Waals surface area contributed by atoms with E-state index in [1.54, 1.807) is 25.3 Å². The van der Waals surface area contributed by atoms with E-state index in [1.807, 2.05) is 25.1 Å². The van der Waals surface area contributed by atoms with Crippen LogP contribution in [0.3, 0.4) is 0 Å². The van der Waals surface area contributed by atoms with Gasteiger partial charge in [0.2, 0.25) is 0 Å². The molecule has 104 valence electrons. The van der Waals surface area contributed by atoms with Gasteiger partial charge in [-0.25, -0.2) is 0 Å². The number of amides is 1. The molecule has 0 atom stereocenters. The van der Waals surface area contributed by atoms with E-state index in [1.165, 1.54) is 0 Å². The van der Waals surface area contributed by atoms with Crippen molar-refractivity contribution in [3.63, 3.8) is 0 Å². The van der Waals surface area contributed by atoms with Gasteiger partial charge in [0.25, 0.3) is 5.91 Å². The second-order valence-electron chi connectivity index (χ2n) is 4.28. The summed E-state index contributed by atoms with van der Waals surface area (Å²) in [5.74, 6) is 0.340. The molecule has 1 N–H and O–H groups in total. The van der Waals surface area contributed by atoms with E-state index in [0.717, 1.165) is 10.0 Å². The number of halogens is 2. The SMILES string of the molecule is COc1ccc(Cl)cc1NC(=O)c1cc(C)ccc1Br. The Morgan fingerprint density at radius 1 is 1.25 bits per heavy atom. The molecule has 2 rings (SSSR count). The summed E-state index contributed by atoms with van der Waals surface area (Å²) < 4.78 is 5.94. The minimum Gasteiger partial charge on any atom is -0.495 e. The van der Waals surface area contributed by atoms with Crippen LogP contribution >= 0.6 is 27.5 Å². The molecule has 0 aliphatic heterocycles. The van der Waals surface area contributed by atoms with E-state index < -0.39 is 0 Å². The molecule has 0 radical (unpaired) electrons. The smallest absolute Gasteiger partial charge is 0.256 e. The number of carbonyl (C=O) groups excluding carboxylic acids is 1. The minimum absolute atomic E-state index is 0.221. The summed E-state index contributed by atoms with van der Waals surface area (Å²) in [6.07, 6.45) is 0. The lowest BCUT2D eigenvalue weighted by molar-refractivity contribution is 0.102. The van der Waals surface area contributed by atoms with Gasteiger partial charge < -0.3 is 10.1 Å². The molecule has 0 bridgehead atoms. The van der Waals surface area contributed by atoms with Gasteiger partial charge in [0.05, 0.1) is 18.4 Å². The highest BCUT2D eigenvalue weighted by Crippen LogP contribution is 2.29. The fraction of sp³-hybridized carbons (Fsp3) is 0.133. The van der Waals surface area contributed by atoms with Crippen LogP contribution in [0.1, 0.15) is 15.9 Å². The van der Waals surface area contributed by atoms with Gasteiger partial charge in [-0.2, -0.15) is 0 Å². The number of ether oxygens (including phenoxy) is 1. The third kappa shape index (κ3) is 3.32. The zero-order chi connectivity index (χ0) is 14.7. The zero-order valence-electron chi connectivity index (χ0n) is 11.0. The third-order valence-corrected chi connectivity index (χ3v) is 3.70. The number of aryl methyl sites for hydroxylation is 1. The lowest BCUT2D eigenvalue weighted by Gasteiger charge is -2.11. The predicted octanol–water partition coefficient (Wildman–Crippen LogP) is 4.67. The van der Waals surface area contributed by atoms with Crippen LogP contribution in [-0.4, -0.2) is 13.0 Å². The van der Waals surface area contributed by atoms with Crippen molar-refractivity contribution in [3.05, 3.63) is 57.0 Å². The van der Waals surface area contributed by atoms with Gasteiger partial charge in [-0.1, -0.05) is 23.2 Å². The molecule has 2 aromatic rings. The van der Waals surface area contributed by atoms with Crippen molar-refractivity contribution in [2.45, 2.75) is 6.92 Å². The second kappa shape index (κ2) is 6.29. The number of hydrogen-bond donors (Lipinski definition) is 1. The summed E-state index contributed by atoms with van der Waals surface area (Å²) in [5, 5.41) is 3.34. The number of hydrogen-bond acceptors (Lipinski definition) is 2. The van der Waals surface area contributed by atoms with E-state index in [0.29, 0.717) is 22.0 Å². The molecule has 2 aromatic carbocycles. The number of nitrogens with one attached hydrogen (secondary N) is 1. The van der Waals surface area contributed by atoms with E-state index in [9.17, 15) is 4.79 Å². The van der Waals surface area contributed by atoms with Gasteiger partial charge in [0.15, 0.2) is 0 Å². The quantitative estimate of drug-likeness (QED) is 0.869. The molecule has 0 unspecified atom stereocenters. The molecule has 0 aromatic heterocycles. The Hall–Kier alpha value is -1.52. The van der Waals surface area contributed by atoms with Crippen LogP contribution in [0.2, 0.25) is 5.02 Å². The molecule has 1 amide bonds. The molecule has 0 heterocycles. The molecule has 0 saturated carbocycles. The summed E-state index contributed by atoms with van der Waals surface area (Å²) in [6.45, 7) is 1.93. The van der Waals surface area contributed by atoms with Crippen molar-refractivity contribution in [2.24, 2.45) is 0 Å². The highest BCUT2D eigenvalue weighted by atomic mass is 79.9. The Morgan fingerprint density at radius 3 is 2.70 bits per heavy atom. The van der Waals surface area contributed by atoms with Gasteiger partial charge in [-0.3, -0.25) is 4.79 Å². The molecule has 3 nitrogen and oxygen atoms in total. The van der Waals surface area contributed by atoms with Gasteiger partial charge in [0.1, 0.15) is 5.75 Å². The zero-order valence-corrected chi connectivity index (χ0v) is 13.4. The summed E-state index contributed by atoms with van der Waals surface area (Å²) in [4.78, 5) is 12.3. The molecule has 5 heteroatoms. The maximum Gasteiger partial charge on any atom is 0.256 e. The van der Waals surface area contributed by atoms with Crippen molar-refractivity contribution in [1.29, 1.82) is 0 Å². The second-order valence-corrected chi connectivity index (χ2v) is 5.57. The Morgan fingerprint density at radius 2 is 2.00 bits per heavy atom. The van der Waals surface area contributed by atoms with Crippen LogP contribution in [0, 0.1) is 6.92 Å². The standard InChI is InChI=1S/C15H13BrClNO2/c1-9-3-5-12(16)11(7-9)15(19)18-13-8-10(17)4-6-14(13)20-2/h3-8H,1-2H3,(H,18,19). The van der Waals surface area contributed by atoms with Gasteiger partial charge in [-0.05, 0) is 53.2 Å². The summed E-state index contributed by atoms with van der Waals surface area (Å²) in [6, 6.07) is 10.7. The fourth-order valence-electron chi connectivity index (χ4n) is 1.78. The van der Waals surface area contributed by atoms with Crippen molar-refractivity contribution in [3.8, 4) is 5.75 Å². The molecular weight excluding hydrogens is 342 g/mol. The van der Waals surface area contributed by atoms with E-state index in [4.69, 9.17) is 16.3 Å². The Kier molecular flexibility index (Phi) is 4.68. The minimum atomic E-state index is -0.221. The molecule has 0 fully saturated rings. The van der Waals surface area contributed by atoms with Crippen LogP contribution in [0.15, 0.2) is 40.9 Å². The average molecular weight is 355 g/mol. The van der Waals surface area contributed by atoms with Crippen molar-refractivity contribution >= 4 is 39.1 Å². The highest BCUT2D eigenvalue weighted by Gasteiger charge is 2.13. The maximum atomic E-state index is 12.3. The maximum absolute atomic E-state index is 12.3. The van der Waals surface area contributed by atoms with Crippen LogP contribution < -0.4 is 10.1 Å². The fourth-order valence-corrected chi connectivity index (χ4v) is 2.38. The van der Waals surface area contributed by atoms with Crippen molar-refractivity contribution in [2.75, 3.05) is 12.4 Å². The lowest BCUT2D eigenvalue weighted by atomic mass is 10.1. The van der Waals surface area contributed by atoms with E-state index >= 15 is 0 Å². The van der Waals surface area contributed by atoms with Crippen molar-refractivity contribution < 1.29 is 9.53 Å². The topological polar surface area (TPSA) is 38.3 Å². The molecule has 0 aliphatic carbocycles.